The van der Waals surface area contributed by atoms with E-state index in [1.807, 2.05) is 6.20 Å². The average molecular weight is 256 g/mol. The minimum Gasteiger partial charge on any atom is -0.361 e. The lowest BCUT2D eigenvalue weighted by atomic mass is 9.84. The van der Waals surface area contributed by atoms with Crippen LogP contribution in [0, 0.1) is 5.92 Å². The molecule has 0 saturated heterocycles. The van der Waals surface area contributed by atoms with Crippen LogP contribution < -0.4 is 5.32 Å². The van der Waals surface area contributed by atoms with E-state index in [1.54, 1.807) is 0 Å². The number of rotatable bonds is 4. The Morgan fingerprint density at radius 1 is 1.21 bits per heavy atom. The first-order chi connectivity index (χ1) is 9.34. The summed E-state index contributed by atoms with van der Waals surface area (Å²) in [7, 11) is 0. The molecule has 1 fully saturated rings. The molecule has 2 aromatic rings. The fraction of sp³-hybridized carbons (Fsp3) is 0.529. The summed E-state index contributed by atoms with van der Waals surface area (Å²) in [5, 5.41) is 5.04. The second-order valence-electron chi connectivity index (χ2n) is 5.93. The van der Waals surface area contributed by atoms with Crippen molar-refractivity contribution in [1.29, 1.82) is 0 Å². The zero-order valence-electron chi connectivity index (χ0n) is 11.8. The first-order valence-electron chi connectivity index (χ1n) is 7.63. The molecule has 2 nitrogen and oxygen atoms in total. The number of aromatic amines is 1. The number of H-pyrrole nitrogens is 1. The Morgan fingerprint density at radius 2 is 2.05 bits per heavy atom. The van der Waals surface area contributed by atoms with Gasteiger partial charge in [0.2, 0.25) is 0 Å². The van der Waals surface area contributed by atoms with E-state index in [0.717, 1.165) is 12.5 Å². The number of benzene rings is 1. The monoisotopic (exact) mass is 256 g/mol. The fourth-order valence-corrected chi connectivity index (χ4v) is 3.37. The van der Waals surface area contributed by atoms with Gasteiger partial charge in [-0.3, -0.25) is 0 Å². The van der Waals surface area contributed by atoms with Gasteiger partial charge in [0.05, 0.1) is 0 Å². The van der Waals surface area contributed by atoms with Crippen molar-refractivity contribution in [3.05, 3.63) is 36.0 Å². The maximum absolute atomic E-state index is 3.73. The first kappa shape index (κ1) is 12.7. The summed E-state index contributed by atoms with van der Waals surface area (Å²) in [4.78, 5) is 3.35. The van der Waals surface area contributed by atoms with Crippen LogP contribution in [-0.2, 0) is 6.54 Å². The summed E-state index contributed by atoms with van der Waals surface area (Å²) in [6.07, 6.45) is 9.11. The van der Waals surface area contributed by atoms with Gasteiger partial charge in [0.1, 0.15) is 0 Å². The molecule has 1 aliphatic rings. The molecule has 1 aromatic heterocycles. The molecule has 2 heteroatoms. The minimum atomic E-state index is 0.630. The van der Waals surface area contributed by atoms with Crippen molar-refractivity contribution in [2.75, 3.05) is 0 Å². The molecular formula is C17H24N2. The maximum atomic E-state index is 3.73. The van der Waals surface area contributed by atoms with Gasteiger partial charge in [0.15, 0.2) is 0 Å². The number of hydrogen-bond acceptors (Lipinski definition) is 1. The Kier molecular flexibility index (Phi) is 3.88. The standard InChI is InChI=1S/C17H24N2/c1-13(14-6-3-2-4-7-14)19-12-16-9-5-8-15-10-11-18-17(15)16/h5,8-11,13-14,18-19H,2-4,6-7,12H2,1H3. The van der Waals surface area contributed by atoms with E-state index in [4.69, 9.17) is 0 Å². The van der Waals surface area contributed by atoms with Crippen LogP contribution in [0.2, 0.25) is 0 Å². The van der Waals surface area contributed by atoms with Crippen molar-refractivity contribution in [1.82, 2.24) is 10.3 Å². The molecule has 0 spiro atoms. The number of fused-ring (bicyclic) bond motifs is 1. The summed E-state index contributed by atoms with van der Waals surface area (Å²) in [5.41, 5.74) is 2.66. The average Bonchev–Trinajstić information content (AvgIpc) is 2.94. The molecular weight excluding hydrogens is 232 g/mol. The van der Waals surface area contributed by atoms with Crippen molar-refractivity contribution in [3.8, 4) is 0 Å². The van der Waals surface area contributed by atoms with Gasteiger partial charge in [0, 0.05) is 24.3 Å². The molecule has 3 rings (SSSR count). The number of nitrogens with one attached hydrogen (secondary N) is 2. The highest BCUT2D eigenvalue weighted by Crippen LogP contribution is 2.26. The lowest BCUT2D eigenvalue weighted by Crippen LogP contribution is -2.34. The van der Waals surface area contributed by atoms with Gasteiger partial charge in [0.25, 0.3) is 0 Å². The summed E-state index contributed by atoms with van der Waals surface area (Å²) in [6.45, 7) is 3.32. The van der Waals surface area contributed by atoms with Crippen LogP contribution in [0.1, 0.15) is 44.6 Å². The van der Waals surface area contributed by atoms with Gasteiger partial charge in [-0.25, -0.2) is 0 Å². The summed E-state index contributed by atoms with van der Waals surface area (Å²) in [5.74, 6) is 0.872. The quantitative estimate of drug-likeness (QED) is 0.842. The molecule has 1 atom stereocenters. The van der Waals surface area contributed by atoms with Crippen LogP contribution in [0.3, 0.4) is 0 Å². The molecule has 19 heavy (non-hydrogen) atoms. The van der Waals surface area contributed by atoms with Gasteiger partial charge in [-0.1, -0.05) is 37.5 Å². The second-order valence-corrected chi connectivity index (χ2v) is 5.93. The Hall–Kier alpha value is -1.28. The summed E-state index contributed by atoms with van der Waals surface area (Å²) in [6, 6.07) is 9.31. The Labute approximate surface area is 115 Å². The molecule has 102 valence electrons. The highest BCUT2D eigenvalue weighted by atomic mass is 14.9. The van der Waals surface area contributed by atoms with E-state index in [2.05, 4.69) is 41.5 Å². The van der Waals surface area contributed by atoms with E-state index in [0.29, 0.717) is 6.04 Å². The van der Waals surface area contributed by atoms with Gasteiger partial charge >= 0.3 is 0 Å². The smallest absolute Gasteiger partial charge is 0.0499 e. The van der Waals surface area contributed by atoms with Crippen molar-refractivity contribution < 1.29 is 0 Å². The molecule has 1 saturated carbocycles. The Bertz CT molecular complexity index is 523. The number of aromatic nitrogens is 1. The normalized spacial score (nSPS) is 18.8. The Balaban J connectivity index is 1.63. The number of hydrogen-bond donors (Lipinski definition) is 2. The Morgan fingerprint density at radius 3 is 2.89 bits per heavy atom. The largest absolute Gasteiger partial charge is 0.361 e. The highest BCUT2D eigenvalue weighted by molar-refractivity contribution is 5.82. The number of para-hydroxylation sites is 1. The molecule has 0 bridgehead atoms. The van der Waals surface area contributed by atoms with Crippen LogP contribution in [-0.4, -0.2) is 11.0 Å². The van der Waals surface area contributed by atoms with Gasteiger partial charge in [-0.05, 0) is 42.7 Å². The van der Waals surface area contributed by atoms with Crippen molar-refractivity contribution in [2.45, 2.75) is 51.6 Å². The van der Waals surface area contributed by atoms with Crippen molar-refractivity contribution in [3.63, 3.8) is 0 Å². The summed E-state index contributed by atoms with van der Waals surface area (Å²) >= 11 is 0. The van der Waals surface area contributed by atoms with Crippen LogP contribution in [0.15, 0.2) is 30.5 Å². The molecule has 0 amide bonds. The molecule has 2 N–H and O–H groups in total. The van der Waals surface area contributed by atoms with E-state index >= 15 is 0 Å². The zero-order chi connectivity index (χ0) is 13.1. The highest BCUT2D eigenvalue weighted by Gasteiger charge is 2.19. The van der Waals surface area contributed by atoms with Gasteiger partial charge in [-0.15, -0.1) is 0 Å². The fourth-order valence-electron chi connectivity index (χ4n) is 3.37. The van der Waals surface area contributed by atoms with Crippen LogP contribution in [0.25, 0.3) is 10.9 Å². The predicted octanol–water partition coefficient (Wildman–Crippen LogP) is 4.23. The lowest BCUT2D eigenvalue weighted by Gasteiger charge is -2.28. The molecule has 1 aromatic carbocycles. The van der Waals surface area contributed by atoms with Crippen LogP contribution >= 0.6 is 0 Å². The maximum Gasteiger partial charge on any atom is 0.0499 e. The topological polar surface area (TPSA) is 27.8 Å². The minimum absolute atomic E-state index is 0.630. The van der Waals surface area contributed by atoms with Crippen LogP contribution in [0.4, 0.5) is 0 Å². The van der Waals surface area contributed by atoms with Crippen LogP contribution in [0.5, 0.6) is 0 Å². The zero-order valence-corrected chi connectivity index (χ0v) is 11.8. The van der Waals surface area contributed by atoms with E-state index in [-0.39, 0.29) is 0 Å². The van der Waals surface area contributed by atoms with Gasteiger partial charge in [-0.2, -0.15) is 0 Å². The molecule has 0 radical (unpaired) electrons. The third-order valence-electron chi connectivity index (χ3n) is 4.64. The van der Waals surface area contributed by atoms with Gasteiger partial charge < -0.3 is 10.3 Å². The molecule has 1 aliphatic carbocycles. The predicted molar refractivity (Wildman–Crippen MR) is 81.2 cm³/mol. The first-order valence-corrected chi connectivity index (χ1v) is 7.63. The lowest BCUT2D eigenvalue weighted by molar-refractivity contribution is 0.281. The van der Waals surface area contributed by atoms with E-state index < -0.39 is 0 Å². The SMILES string of the molecule is CC(NCc1cccc2cc[nH]c12)C1CCCCC1. The molecule has 0 aliphatic heterocycles. The van der Waals surface area contributed by atoms with E-state index in [9.17, 15) is 0 Å². The van der Waals surface area contributed by atoms with E-state index in [1.165, 1.54) is 48.6 Å². The second kappa shape index (κ2) is 5.79. The third kappa shape index (κ3) is 2.84. The van der Waals surface area contributed by atoms with Crippen molar-refractivity contribution in [2.24, 2.45) is 5.92 Å². The summed E-state index contributed by atoms with van der Waals surface area (Å²) < 4.78 is 0. The molecule has 1 unspecified atom stereocenters. The van der Waals surface area contributed by atoms with Crippen molar-refractivity contribution >= 4 is 10.9 Å². The molecule has 1 heterocycles. The third-order valence-corrected chi connectivity index (χ3v) is 4.64.